The fourth-order valence-corrected chi connectivity index (χ4v) is 4.63. The Kier molecular flexibility index (Phi) is 5.68. The van der Waals surface area contributed by atoms with Crippen molar-refractivity contribution in [3.63, 3.8) is 0 Å². The van der Waals surface area contributed by atoms with Crippen LogP contribution >= 0.6 is 0 Å². The van der Waals surface area contributed by atoms with E-state index in [0.717, 1.165) is 55.7 Å². The summed E-state index contributed by atoms with van der Waals surface area (Å²) in [6.45, 7) is 7.47. The lowest BCUT2D eigenvalue weighted by Gasteiger charge is -2.36. The van der Waals surface area contributed by atoms with Crippen molar-refractivity contribution in [2.24, 2.45) is 11.8 Å². The van der Waals surface area contributed by atoms with Crippen LogP contribution in [0.5, 0.6) is 0 Å². The maximum Gasteiger partial charge on any atom is 0.226 e. The van der Waals surface area contributed by atoms with E-state index in [0.29, 0.717) is 5.91 Å². The summed E-state index contributed by atoms with van der Waals surface area (Å²) in [7, 11) is 1.88. The highest BCUT2D eigenvalue weighted by atomic mass is 16.2. The first-order valence-electron chi connectivity index (χ1n) is 9.97. The van der Waals surface area contributed by atoms with Crippen LogP contribution in [-0.4, -0.2) is 51.9 Å². The first kappa shape index (κ1) is 18.9. The number of nitrogens with zero attached hydrogens (tertiary/aromatic N) is 3. The molecule has 0 aromatic carbocycles. The molecule has 26 heavy (non-hydrogen) atoms. The summed E-state index contributed by atoms with van der Waals surface area (Å²) >= 11 is 0. The van der Waals surface area contributed by atoms with Gasteiger partial charge in [0, 0.05) is 43.2 Å². The lowest BCUT2D eigenvalue weighted by Crippen LogP contribution is -2.45. The second-order valence-electron chi connectivity index (χ2n) is 8.05. The monoisotopic (exact) mass is 360 g/mol. The van der Waals surface area contributed by atoms with Crippen LogP contribution in [0.1, 0.15) is 68.4 Å². The maximum atomic E-state index is 13.0. The molecule has 1 aliphatic carbocycles. The Bertz CT molecular complexity index is 635. The molecule has 2 aliphatic rings. The molecular weight excluding hydrogens is 328 g/mol. The molecule has 2 amide bonds. The number of aryl methyl sites for hydroxylation is 2. The van der Waals surface area contributed by atoms with Gasteiger partial charge in [0.15, 0.2) is 0 Å². The van der Waals surface area contributed by atoms with E-state index in [1.165, 1.54) is 12.8 Å². The molecule has 1 atom stereocenters. The molecule has 144 valence electrons. The maximum absolute atomic E-state index is 13.0. The van der Waals surface area contributed by atoms with Crippen LogP contribution in [-0.2, 0) is 9.59 Å². The first-order valence-corrected chi connectivity index (χ1v) is 9.97. The molecule has 1 aromatic rings. The summed E-state index contributed by atoms with van der Waals surface area (Å²) in [5.74, 6) is 0.754. The molecule has 1 aromatic heterocycles. The highest BCUT2D eigenvalue weighted by molar-refractivity contribution is 5.81. The van der Waals surface area contributed by atoms with Crippen LogP contribution in [0.3, 0.4) is 0 Å². The molecule has 6 heteroatoms. The minimum absolute atomic E-state index is 0.000555. The van der Waals surface area contributed by atoms with Gasteiger partial charge in [-0.25, -0.2) is 0 Å². The number of amides is 2. The fourth-order valence-electron chi connectivity index (χ4n) is 4.63. The third-order valence-corrected chi connectivity index (χ3v) is 6.39. The number of piperidine rings is 1. The molecule has 0 spiro atoms. The Hall–Kier alpha value is -1.85. The smallest absolute Gasteiger partial charge is 0.226 e. The second-order valence-corrected chi connectivity index (χ2v) is 8.05. The van der Waals surface area contributed by atoms with Crippen molar-refractivity contribution >= 4 is 11.8 Å². The van der Waals surface area contributed by atoms with Crippen LogP contribution in [0, 0.1) is 25.7 Å². The highest BCUT2D eigenvalue weighted by Gasteiger charge is 2.34. The number of hydrogen-bond acceptors (Lipinski definition) is 3. The summed E-state index contributed by atoms with van der Waals surface area (Å²) in [6.07, 6.45) is 6.00. The van der Waals surface area contributed by atoms with Gasteiger partial charge in [0.1, 0.15) is 0 Å². The topological polar surface area (TPSA) is 69.3 Å². The molecule has 1 unspecified atom stereocenters. The summed E-state index contributed by atoms with van der Waals surface area (Å²) in [5.41, 5.74) is 3.08. The van der Waals surface area contributed by atoms with Crippen molar-refractivity contribution in [3.05, 3.63) is 17.0 Å². The molecule has 0 bridgehead atoms. The number of nitrogens with one attached hydrogen (secondary N) is 1. The molecule has 1 N–H and O–H groups in total. The zero-order valence-corrected chi connectivity index (χ0v) is 16.5. The number of hydrogen-bond donors (Lipinski definition) is 1. The van der Waals surface area contributed by atoms with Crippen LogP contribution < -0.4 is 0 Å². The number of aromatic amines is 1. The Morgan fingerprint density at radius 3 is 2.27 bits per heavy atom. The van der Waals surface area contributed by atoms with Crippen molar-refractivity contribution in [3.8, 4) is 0 Å². The number of aromatic nitrogens is 2. The van der Waals surface area contributed by atoms with Gasteiger partial charge in [-0.3, -0.25) is 14.7 Å². The molecule has 1 saturated heterocycles. The summed E-state index contributed by atoms with van der Waals surface area (Å²) < 4.78 is 0. The van der Waals surface area contributed by atoms with Crippen molar-refractivity contribution in [2.45, 2.75) is 65.3 Å². The van der Waals surface area contributed by atoms with Crippen LogP contribution in [0.2, 0.25) is 0 Å². The van der Waals surface area contributed by atoms with Crippen molar-refractivity contribution in [1.82, 2.24) is 20.0 Å². The molecule has 3 rings (SSSR count). The zero-order chi connectivity index (χ0) is 18.8. The molecular formula is C20H32N4O2. The van der Waals surface area contributed by atoms with E-state index in [4.69, 9.17) is 0 Å². The largest absolute Gasteiger partial charge is 0.342 e. The third kappa shape index (κ3) is 3.64. The number of carbonyl (C=O) groups is 2. The lowest BCUT2D eigenvalue weighted by atomic mass is 9.93. The number of carbonyl (C=O) groups excluding carboxylic acids is 2. The van der Waals surface area contributed by atoms with E-state index in [2.05, 4.69) is 17.1 Å². The van der Waals surface area contributed by atoms with Crippen LogP contribution in [0.15, 0.2) is 0 Å². The van der Waals surface area contributed by atoms with E-state index in [-0.39, 0.29) is 23.8 Å². The van der Waals surface area contributed by atoms with E-state index in [1.807, 2.05) is 30.7 Å². The van der Waals surface area contributed by atoms with E-state index in [1.54, 1.807) is 0 Å². The van der Waals surface area contributed by atoms with Crippen molar-refractivity contribution in [1.29, 1.82) is 0 Å². The standard InChI is InChI=1S/C20H32N4O2/c1-13-18(14(2)22-21-13)15(3)23(4)19(25)17-9-11-24(12-10-17)20(26)16-7-5-6-8-16/h15-17H,5-12H2,1-4H3,(H,21,22). The van der Waals surface area contributed by atoms with Crippen molar-refractivity contribution in [2.75, 3.05) is 20.1 Å². The molecule has 2 fully saturated rings. The van der Waals surface area contributed by atoms with Gasteiger partial charge in [0.05, 0.1) is 11.7 Å². The molecule has 2 heterocycles. The van der Waals surface area contributed by atoms with Crippen molar-refractivity contribution < 1.29 is 9.59 Å². The number of H-pyrrole nitrogens is 1. The van der Waals surface area contributed by atoms with Gasteiger partial charge in [-0.15, -0.1) is 0 Å². The van der Waals surface area contributed by atoms with E-state index in [9.17, 15) is 9.59 Å². The van der Waals surface area contributed by atoms with Crippen LogP contribution in [0.4, 0.5) is 0 Å². The molecule has 1 saturated carbocycles. The minimum atomic E-state index is -0.000555. The Balaban J connectivity index is 1.57. The molecule has 0 radical (unpaired) electrons. The number of rotatable bonds is 4. The quantitative estimate of drug-likeness (QED) is 0.897. The van der Waals surface area contributed by atoms with Gasteiger partial charge < -0.3 is 9.80 Å². The van der Waals surface area contributed by atoms with Gasteiger partial charge in [-0.2, -0.15) is 5.10 Å². The van der Waals surface area contributed by atoms with Gasteiger partial charge in [-0.1, -0.05) is 12.8 Å². The summed E-state index contributed by atoms with van der Waals surface area (Å²) in [6, 6.07) is -0.000555. The van der Waals surface area contributed by atoms with Gasteiger partial charge >= 0.3 is 0 Å². The van der Waals surface area contributed by atoms with E-state index < -0.39 is 0 Å². The predicted molar refractivity (Wildman–Crippen MR) is 101 cm³/mol. The average Bonchev–Trinajstić information content (AvgIpc) is 3.29. The zero-order valence-electron chi connectivity index (χ0n) is 16.5. The van der Waals surface area contributed by atoms with E-state index >= 15 is 0 Å². The Morgan fingerprint density at radius 2 is 1.73 bits per heavy atom. The van der Waals surface area contributed by atoms with Gasteiger partial charge in [0.2, 0.25) is 11.8 Å². The predicted octanol–water partition coefficient (Wildman–Crippen LogP) is 2.97. The molecule has 6 nitrogen and oxygen atoms in total. The summed E-state index contributed by atoms with van der Waals surface area (Å²) in [5, 5.41) is 7.26. The second kappa shape index (κ2) is 7.80. The fraction of sp³-hybridized carbons (Fsp3) is 0.750. The summed E-state index contributed by atoms with van der Waals surface area (Å²) in [4.78, 5) is 29.4. The molecule has 1 aliphatic heterocycles. The first-order chi connectivity index (χ1) is 12.4. The van der Waals surface area contributed by atoms with Gasteiger partial charge in [0.25, 0.3) is 0 Å². The van der Waals surface area contributed by atoms with Crippen LogP contribution in [0.25, 0.3) is 0 Å². The normalized spacial score (nSPS) is 20.4. The SMILES string of the molecule is Cc1n[nH]c(C)c1C(C)N(C)C(=O)C1CCN(C(=O)C2CCCC2)CC1. The minimum Gasteiger partial charge on any atom is -0.342 e. The Morgan fingerprint density at radius 1 is 1.12 bits per heavy atom. The Labute approximate surface area is 156 Å². The third-order valence-electron chi connectivity index (χ3n) is 6.39. The highest BCUT2D eigenvalue weighted by Crippen LogP contribution is 2.30. The lowest BCUT2D eigenvalue weighted by molar-refractivity contribution is -0.142. The van der Waals surface area contributed by atoms with Gasteiger partial charge in [-0.05, 0) is 46.5 Å². The number of likely N-dealkylation sites (tertiary alicyclic amines) is 1. The average molecular weight is 361 g/mol.